The second-order valence-corrected chi connectivity index (χ2v) is 4.49. The monoisotopic (exact) mass is 217 g/mol. The summed E-state index contributed by atoms with van der Waals surface area (Å²) < 4.78 is 0. The van der Waals surface area contributed by atoms with Crippen LogP contribution < -0.4 is 0 Å². The van der Waals surface area contributed by atoms with E-state index in [4.69, 9.17) is 4.98 Å². The lowest BCUT2D eigenvalue weighted by atomic mass is 10.0. The molecule has 1 aromatic heterocycles. The number of aromatic nitrogens is 1. The highest BCUT2D eigenvalue weighted by Crippen LogP contribution is 2.29. The summed E-state index contributed by atoms with van der Waals surface area (Å²) in [6.45, 7) is 0. The molecule has 0 saturated heterocycles. The third kappa shape index (κ3) is 1.22. The number of hydrogen-bond acceptors (Lipinski definition) is 1. The molecule has 0 unspecified atom stereocenters. The molecular weight excluding hydrogens is 206 g/mol. The van der Waals surface area contributed by atoms with Crippen molar-refractivity contribution in [3.63, 3.8) is 0 Å². The Balaban J connectivity index is 2.18. The molecule has 17 heavy (non-hydrogen) atoms. The highest BCUT2D eigenvalue weighted by molar-refractivity contribution is 5.96. The zero-order valence-electron chi connectivity index (χ0n) is 9.35. The molecule has 0 atom stereocenters. The van der Waals surface area contributed by atoms with Crippen LogP contribution in [0.25, 0.3) is 27.9 Å². The van der Waals surface area contributed by atoms with Crippen LogP contribution in [0.1, 0.15) is 11.1 Å². The van der Waals surface area contributed by atoms with Crippen molar-refractivity contribution in [2.75, 3.05) is 0 Å². The Morgan fingerprint density at radius 2 is 1.88 bits per heavy atom. The smallest absolute Gasteiger partial charge is 0.0713 e. The van der Waals surface area contributed by atoms with E-state index < -0.39 is 0 Å². The first-order valence-corrected chi connectivity index (χ1v) is 5.90. The van der Waals surface area contributed by atoms with Gasteiger partial charge in [-0.05, 0) is 35.7 Å². The van der Waals surface area contributed by atoms with Crippen LogP contribution in [0.5, 0.6) is 0 Å². The van der Waals surface area contributed by atoms with Crippen LogP contribution in [0.3, 0.4) is 0 Å². The summed E-state index contributed by atoms with van der Waals surface area (Å²) in [4.78, 5) is 4.73. The summed E-state index contributed by atoms with van der Waals surface area (Å²) in [5.41, 5.74) is 4.94. The third-order valence-corrected chi connectivity index (χ3v) is 3.47. The van der Waals surface area contributed by atoms with Crippen LogP contribution in [0.2, 0.25) is 0 Å². The van der Waals surface area contributed by atoms with Crippen molar-refractivity contribution in [2.45, 2.75) is 6.42 Å². The van der Waals surface area contributed by atoms with Crippen molar-refractivity contribution in [3.05, 3.63) is 59.7 Å². The van der Waals surface area contributed by atoms with Gasteiger partial charge in [0.05, 0.1) is 11.0 Å². The van der Waals surface area contributed by atoms with Crippen molar-refractivity contribution >= 4 is 27.9 Å². The van der Waals surface area contributed by atoms with E-state index in [1.54, 1.807) is 0 Å². The van der Waals surface area contributed by atoms with Crippen molar-refractivity contribution in [2.24, 2.45) is 0 Å². The molecule has 1 nitrogen and oxygen atoms in total. The number of rotatable bonds is 0. The van der Waals surface area contributed by atoms with Crippen molar-refractivity contribution in [3.8, 4) is 0 Å². The molecule has 0 N–H and O–H groups in total. The summed E-state index contributed by atoms with van der Waals surface area (Å²) in [6.07, 6.45) is 5.45. The zero-order chi connectivity index (χ0) is 11.2. The number of hydrogen-bond donors (Lipinski definition) is 0. The SMILES string of the molecule is C1=Cc2ccc3nc4ccccc4cc3c2C1. The normalized spacial score (nSPS) is 13.4. The Morgan fingerprint density at radius 3 is 2.88 bits per heavy atom. The van der Waals surface area contributed by atoms with Crippen LogP contribution in [-0.2, 0) is 6.42 Å². The molecule has 2 aromatic carbocycles. The van der Waals surface area contributed by atoms with E-state index >= 15 is 0 Å². The van der Waals surface area contributed by atoms with Gasteiger partial charge in [-0.2, -0.15) is 0 Å². The number of nitrogens with zero attached hydrogens (tertiary/aromatic N) is 1. The van der Waals surface area contributed by atoms with Gasteiger partial charge in [-0.25, -0.2) is 4.98 Å². The molecule has 4 rings (SSSR count). The molecule has 1 heterocycles. The van der Waals surface area contributed by atoms with E-state index in [0.29, 0.717) is 0 Å². The predicted octanol–water partition coefficient (Wildman–Crippen LogP) is 3.96. The van der Waals surface area contributed by atoms with Crippen molar-refractivity contribution in [1.82, 2.24) is 4.98 Å². The van der Waals surface area contributed by atoms with Gasteiger partial charge in [-0.15, -0.1) is 0 Å². The molecule has 0 fully saturated rings. The lowest BCUT2D eigenvalue weighted by Gasteiger charge is -2.06. The van der Waals surface area contributed by atoms with Gasteiger partial charge in [0.15, 0.2) is 0 Å². The average molecular weight is 217 g/mol. The van der Waals surface area contributed by atoms with Crippen LogP contribution in [-0.4, -0.2) is 4.98 Å². The minimum Gasteiger partial charge on any atom is -0.248 e. The van der Waals surface area contributed by atoms with Crippen LogP contribution in [0, 0.1) is 0 Å². The Labute approximate surface area is 99.4 Å². The Morgan fingerprint density at radius 1 is 0.941 bits per heavy atom. The fourth-order valence-corrected chi connectivity index (χ4v) is 2.61. The van der Waals surface area contributed by atoms with E-state index in [9.17, 15) is 0 Å². The van der Waals surface area contributed by atoms with Gasteiger partial charge < -0.3 is 0 Å². The van der Waals surface area contributed by atoms with Crippen LogP contribution in [0.15, 0.2) is 48.5 Å². The standard InChI is InChI=1S/C16H11N/c1-2-7-15-12(4-1)10-14-13-6-3-5-11(13)8-9-16(14)17-15/h1-5,7-10H,6H2. The molecule has 1 aliphatic rings. The Bertz CT molecular complexity index is 769. The maximum absolute atomic E-state index is 4.73. The molecule has 0 aliphatic heterocycles. The first-order valence-electron chi connectivity index (χ1n) is 5.90. The highest BCUT2D eigenvalue weighted by atomic mass is 14.7. The molecular formula is C16H11N. The average Bonchev–Trinajstić information content (AvgIpc) is 2.85. The second-order valence-electron chi connectivity index (χ2n) is 4.49. The Hall–Kier alpha value is -2.15. The van der Waals surface area contributed by atoms with Gasteiger partial charge in [0.2, 0.25) is 0 Å². The molecule has 1 heteroatoms. The summed E-state index contributed by atoms with van der Waals surface area (Å²) >= 11 is 0. The summed E-state index contributed by atoms with van der Waals surface area (Å²) in [5.74, 6) is 0. The second kappa shape index (κ2) is 3.17. The summed E-state index contributed by atoms with van der Waals surface area (Å²) in [5, 5.41) is 2.52. The molecule has 0 bridgehead atoms. The molecule has 0 spiro atoms. The van der Waals surface area contributed by atoms with Crippen LogP contribution in [0.4, 0.5) is 0 Å². The lowest BCUT2D eigenvalue weighted by molar-refractivity contribution is 1.34. The molecule has 0 amide bonds. The first kappa shape index (κ1) is 8.94. The Kier molecular flexibility index (Phi) is 1.67. The fraction of sp³-hybridized carbons (Fsp3) is 0.0625. The number of para-hydroxylation sites is 1. The maximum atomic E-state index is 4.73. The topological polar surface area (TPSA) is 12.9 Å². The third-order valence-electron chi connectivity index (χ3n) is 3.47. The van der Waals surface area contributed by atoms with Crippen molar-refractivity contribution < 1.29 is 0 Å². The number of fused-ring (bicyclic) bond motifs is 4. The number of allylic oxidation sites excluding steroid dienone is 1. The van der Waals surface area contributed by atoms with E-state index in [1.165, 1.54) is 21.9 Å². The highest BCUT2D eigenvalue weighted by Gasteiger charge is 2.10. The maximum Gasteiger partial charge on any atom is 0.0713 e. The predicted molar refractivity (Wildman–Crippen MR) is 72.0 cm³/mol. The van der Waals surface area contributed by atoms with Gasteiger partial charge in [-0.3, -0.25) is 0 Å². The fourth-order valence-electron chi connectivity index (χ4n) is 2.61. The molecule has 0 saturated carbocycles. The number of benzene rings is 2. The molecule has 1 aliphatic carbocycles. The summed E-state index contributed by atoms with van der Waals surface area (Å²) in [7, 11) is 0. The van der Waals surface area contributed by atoms with E-state index in [-0.39, 0.29) is 0 Å². The molecule has 3 aromatic rings. The lowest BCUT2D eigenvalue weighted by Crippen LogP contribution is -1.88. The molecule has 0 radical (unpaired) electrons. The van der Waals surface area contributed by atoms with E-state index in [1.807, 2.05) is 6.07 Å². The van der Waals surface area contributed by atoms with Gasteiger partial charge in [0.1, 0.15) is 0 Å². The molecule has 80 valence electrons. The first-order chi connectivity index (χ1) is 8.42. The van der Waals surface area contributed by atoms with Gasteiger partial charge in [0, 0.05) is 10.8 Å². The van der Waals surface area contributed by atoms with Crippen LogP contribution >= 0.6 is 0 Å². The largest absolute Gasteiger partial charge is 0.248 e. The van der Waals surface area contributed by atoms with E-state index in [2.05, 4.69) is 48.6 Å². The zero-order valence-corrected chi connectivity index (χ0v) is 9.35. The minimum atomic E-state index is 1.03. The van der Waals surface area contributed by atoms with E-state index in [0.717, 1.165) is 17.5 Å². The van der Waals surface area contributed by atoms with Gasteiger partial charge >= 0.3 is 0 Å². The quantitative estimate of drug-likeness (QED) is 0.519. The van der Waals surface area contributed by atoms with Crippen molar-refractivity contribution in [1.29, 1.82) is 0 Å². The van der Waals surface area contributed by atoms with Gasteiger partial charge in [-0.1, -0.05) is 36.4 Å². The minimum absolute atomic E-state index is 1.03. The van der Waals surface area contributed by atoms with Gasteiger partial charge in [0.25, 0.3) is 0 Å². The number of pyridine rings is 1. The summed E-state index contributed by atoms with van der Waals surface area (Å²) in [6, 6.07) is 14.9.